The van der Waals surface area contributed by atoms with Crippen LogP contribution in [0.3, 0.4) is 0 Å². The summed E-state index contributed by atoms with van der Waals surface area (Å²) in [5, 5.41) is 5.28. The first-order valence-electron chi connectivity index (χ1n) is 9.06. The van der Waals surface area contributed by atoms with Gasteiger partial charge in [0.15, 0.2) is 0 Å². The molecular weight excluding hydrogens is 384 g/mol. The third kappa shape index (κ3) is 4.82. The van der Waals surface area contributed by atoms with E-state index in [0.717, 1.165) is 11.1 Å². The minimum absolute atomic E-state index is 0.111. The Kier molecular flexibility index (Phi) is 6.44. The molecule has 30 heavy (non-hydrogen) atoms. The molecule has 7 heteroatoms. The molecule has 7 nitrogen and oxygen atoms in total. The molecule has 3 aromatic rings. The Labute approximate surface area is 173 Å². The predicted octanol–water partition coefficient (Wildman–Crippen LogP) is 4.57. The van der Waals surface area contributed by atoms with E-state index in [-0.39, 0.29) is 16.8 Å². The Morgan fingerprint density at radius 1 is 0.700 bits per heavy atom. The number of benzene rings is 3. The molecule has 0 aromatic heterocycles. The molecule has 0 heterocycles. The molecule has 0 fully saturated rings. The number of amides is 2. The van der Waals surface area contributed by atoms with Gasteiger partial charge in [0.05, 0.1) is 31.0 Å². The number of nitrogens with one attached hydrogen (secondary N) is 2. The minimum atomic E-state index is -0.645. The Hall–Kier alpha value is -4.13. The van der Waals surface area contributed by atoms with Gasteiger partial charge in [-0.3, -0.25) is 0 Å². The fourth-order valence-electron chi connectivity index (χ4n) is 2.84. The molecule has 0 unspecified atom stereocenters. The molecule has 0 atom stereocenters. The Bertz CT molecular complexity index is 1060. The molecule has 0 radical (unpaired) electrons. The molecular formula is C23H20N2O5. The second-order valence-corrected chi connectivity index (χ2v) is 6.27. The van der Waals surface area contributed by atoms with E-state index in [1.54, 1.807) is 12.1 Å². The van der Waals surface area contributed by atoms with Crippen LogP contribution in [-0.2, 0) is 9.47 Å². The Morgan fingerprint density at radius 2 is 1.33 bits per heavy atom. The van der Waals surface area contributed by atoms with Crippen molar-refractivity contribution in [1.82, 2.24) is 0 Å². The summed E-state index contributed by atoms with van der Waals surface area (Å²) in [7, 11) is 2.48. The molecule has 0 aliphatic carbocycles. The summed E-state index contributed by atoms with van der Waals surface area (Å²) in [5.74, 6) is -1.24. The monoisotopic (exact) mass is 404 g/mol. The van der Waals surface area contributed by atoms with Crippen LogP contribution in [0.2, 0.25) is 0 Å². The molecule has 0 aliphatic rings. The number of hydrogen-bond acceptors (Lipinski definition) is 5. The predicted molar refractivity (Wildman–Crippen MR) is 114 cm³/mol. The molecule has 152 valence electrons. The van der Waals surface area contributed by atoms with Gasteiger partial charge in [0.25, 0.3) is 0 Å². The molecule has 0 aliphatic heterocycles. The third-order valence-corrected chi connectivity index (χ3v) is 4.34. The number of carbonyl (C=O) groups is 3. The molecule has 2 N–H and O–H groups in total. The molecule has 0 spiro atoms. The van der Waals surface area contributed by atoms with Crippen LogP contribution in [0.4, 0.5) is 16.2 Å². The molecule has 0 saturated carbocycles. The summed E-state index contributed by atoms with van der Waals surface area (Å²) >= 11 is 0. The molecule has 2 amide bonds. The third-order valence-electron chi connectivity index (χ3n) is 4.34. The van der Waals surface area contributed by atoms with Crippen molar-refractivity contribution in [3.8, 4) is 11.1 Å². The average Bonchev–Trinajstić information content (AvgIpc) is 2.79. The van der Waals surface area contributed by atoms with Crippen LogP contribution in [-0.4, -0.2) is 32.2 Å². The van der Waals surface area contributed by atoms with Gasteiger partial charge in [0, 0.05) is 5.69 Å². The van der Waals surface area contributed by atoms with Gasteiger partial charge in [0.1, 0.15) is 0 Å². The average molecular weight is 404 g/mol. The van der Waals surface area contributed by atoms with Crippen LogP contribution in [0, 0.1) is 0 Å². The first kappa shape index (κ1) is 20.6. The Balaban J connectivity index is 1.76. The summed E-state index contributed by atoms with van der Waals surface area (Å²) in [6.07, 6.45) is 0. The zero-order chi connectivity index (χ0) is 21.5. The SMILES string of the molecule is COC(=O)c1ccc(C(=O)OC)c(NC(=O)Nc2ccc(-c3ccccc3)cc2)c1. The zero-order valence-electron chi connectivity index (χ0n) is 16.5. The standard InChI is InChI=1S/C23H20N2O5/c1-29-21(26)17-10-13-19(22(27)30-2)20(14-17)25-23(28)24-18-11-8-16(9-12-18)15-6-4-3-5-7-15/h3-14H,1-2H3,(H2,24,25,28). The maximum Gasteiger partial charge on any atom is 0.339 e. The van der Waals surface area contributed by atoms with Gasteiger partial charge < -0.3 is 20.1 Å². The summed E-state index contributed by atoms with van der Waals surface area (Å²) in [6.45, 7) is 0. The number of ether oxygens (including phenoxy) is 2. The highest BCUT2D eigenvalue weighted by Gasteiger charge is 2.17. The smallest absolute Gasteiger partial charge is 0.339 e. The van der Waals surface area contributed by atoms with Gasteiger partial charge in [-0.2, -0.15) is 0 Å². The highest BCUT2D eigenvalue weighted by Crippen LogP contribution is 2.22. The molecule has 3 rings (SSSR count). The van der Waals surface area contributed by atoms with Crippen molar-refractivity contribution in [2.45, 2.75) is 0 Å². The number of hydrogen-bond donors (Lipinski definition) is 2. The number of methoxy groups -OCH3 is 2. The van der Waals surface area contributed by atoms with Crippen molar-refractivity contribution in [3.63, 3.8) is 0 Å². The maximum atomic E-state index is 12.5. The number of anilines is 2. The van der Waals surface area contributed by atoms with E-state index in [4.69, 9.17) is 4.74 Å². The summed E-state index contributed by atoms with van der Waals surface area (Å²) in [4.78, 5) is 36.2. The highest BCUT2D eigenvalue weighted by molar-refractivity contribution is 6.06. The van der Waals surface area contributed by atoms with Gasteiger partial charge in [-0.15, -0.1) is 0 Å². The van der Waals surface area contributed by atoms with Crippen molar-refractivity contribution in [2.75, 3.05) is 24.9 Å². The van der Waals surface area contributed by atoms with E-state index in [2.05, 4.69) is 15.4 Å². The topological polar surface area (TPSA) is 93.7 Å². The van der Waals surface area contributed by atoms with Crippen molar-refractivity contribution in [3.05, 3.63) is 83.9 Å². The fourth-order valence-corrected chi connectivity index (χ4v) is 2.84. The summed E-state index contributed by atoms with van der Waals surface area (Å²) in [5.41, 5.74) is 3.07. The Morgan fingerprint density at radius 3 is 1.97 bits per heavy atom. The lowest BCUT2D eigenvalue weighted by Gasteiger charge is -2.12. The zero-order valence-corrected chi connectivity index (χ0v) is 16.5. The normalized spacial score (nSPS) is 10.1. The number of urea groups is 1. The molecule has 0 saturated heterocycles. The van der Waals surface area contributed by atoms with E-state index in [0.29, 0.717) is 5.69 Å². The van der Waals surface area contributed by atoms with E-state index >= 15 is 0 Å². The number of rotatable bonds is 5. The van der Waals surface area contributed by atoms with Crippen LogP contribution in [0.25, 0.3) is 11.1 Å². The second-order valence-electron chi connectivity index (χ2n) is 6.27. The van der Waals surface area contributed by atoms with Gasteiger partial charge in [-0.25, -0.2) is 14.4 Å². The van der Waals surface area contributed by atoms with E-state index in [1.165, 1.54) is 32.4 Å². The molecule has 3 aromatic carbocycles. The maximum absolute atomic E-state index is 12.5. The fraction of sp³-hybridized carbons (Fsp3) is 0.0870. The van der Waals surface area contributed by atoms with E-state index < -0.39 is 18.0 Å². The van der Waals surface area contributed by atoms with Crippen LogP contribution >= 0.6 is 0 Å². The van der Waals surface area contributed by atoms with Crippen LogP contribution < -0.4 is 10.6 Å². The number of carbonyl (C=O) groups excluding carboxylic acids is 3. The number of esters is 2. The quantitative estimate of drug-likeness (QED) is 0.608. The summed E-state index contributed by atoms with van der Waals surface area (Å²) < 4.78 is 9.41. The second kappa shape index (κ2) is 9.38. The lowest BCUT2D eigenvalue weighted by molar-refractivity contribution is 0.0587. The molecule has 0 bridgehead atoms. The van der Waals surface area contributed by atoms with E-state index in [9.17, 15) is 14.4 Å². The van der Waals surface area contributed by atoms with Crippen molar-refractivity contribution < 1.29 is 23.9 Å². The van der Waals surface area contributed by atoms with Crippen molar-refractivity contribution in [1.29, 1.82) is 0 Å². The van der Waals surface area contributed by atoms with Crippen molar-refractivity contribution in [2.24, 2.45) is 0 Å². The largest absolute Gasteiger partial charge is 0.465 e. The minimum Gasteiger partial charge on any atom is -0.465 e. The van der Waals surface area contributed by atoms with Gasteiger partial charge in [-0.1, -0.05) is 42.5 Å². The van der Waals surface area contributed by atoms with Crippen LogP contribution in [0.15, 0.2) is 72.8 Å². The van der Waals surface area contributed by atoms with Gasteiger partial charge >= 0.3 is 18.0 Å². The van der Waals surface area contributed by atoms with Gasteiger partial charge in [-0.05, 0) is 41.5 Å². The highest BCUT2D eigenvalue weighted by atomic mass is 16.5. The van der Waals surface area contributed by atoms with Crippen LogP contribution in [0.1, 0.15) is 20.7 Å². The first-order valence-corrected chi connectivity index (χ1v) is 9.06. The van der Waals surface area contributed by atoms with Gasteiger partial charge in [0.2, 0.25) is 0 Å². The van der Waals surface area contributed by atoms with Crippen LogP contribution in [0.5, 0.6) is 0 Å². The summed E-state index contributed by atoms with van der Waals surface area (Å²) in [6, 6.07) is 20.8. The lowest BCUT2D eigenvalue weighted by atomic mass is 10.1. The van der Waals surface area contributed by atoms with E-state index in [1.807, 2.05) is 42.5 Å². The van der Waals surface area contributed by atoms with Crippen molar-refractivity contribution >= 4 is 29.3 Å². The first-order chi connectivity index (χ1) is 14.5. The lowest BCUT2D eigenvalue weighted by Crippen LogP contribution is -2.21.